The summed E-state index contributed by atoms with van der Waals surface area (Å²) in [6.45, 7) is 5.32. The summed E-state index contributed by atoms with van der Waals surface area (Å²) in [6.07, 6.45) is 1.30. The minimum atomic E-state index is -0.628. The van der Waals surface area contributed by atoms with Crippen molar-refractivity contribution in [3.8, 4) is 0 Å². The molecule has 2 atom stereocenters. The molecule has 1 heterocycles. The third-order valence-corrected chi connectivity index (χ3v) is 5.18. The molecule has 0 aliphatic carbocycles. The highest BCUT2D eigenvalue weighted by Crippen LogP contribution is 2.21. The van der Waals surface area contributed by atoms with Gasteiger partial charge in [-0.05, 0) is 36.0 Å². The Hall–Kier alpha value is -3.15. The molecule has 1 saturated heterocycles. The van der Waals surface area contributed by atoms with E-state index in [1.54, 1.807) is 29.2 Å². The Labute approximate surface area is 177 Å². The van der Waals surface area contributed by atoms with Gasteiger partial charge >= 0.3 is 5.97 Å². The molecule has 0 unspecified atom stereocenters. The van der Waals surface area contributed by atoms with E-state index in [9.17, 15) is 14.4 Å². The van der Waals surface area contributed by atoms with Crippen molar-refractivity contribution in [3.63, 3.8) is 0 Å². The summed E-state index contributed by atoms with van der Waals surface area (Å²) in [4.78, 5) is 39.2. The van der Waals surface area contributed by atoms with Crippen molar-refractivity contribution in [2.75, 3.05) is 25.0 Å². The van der Waals surface area contributed by atoms with Crippen molar-refractivity contribution in [2.45, 2.75) is 26.7 Å². The number of carbonyl (C=O) groups excluding carboxylic acids is 3. The van der Waals surface area contributed by atoms with E-state index in [-0.39, 0.29) is 30.4 Å². The van der Waals surface area contributed by atoms with Crippen LogP contribution in [0.15, 0.2) is 54.6 Å². The van der Waals surface area contributed by atoms with Crippen molar-refractivity contribution in [1.29, 1.82) is 0 Å². The molecule has 158 valence electrons. The molecule has 1 N–H and O–H groups in total. The Morgan fingerprint density at radius 1 is 0.967 bits per heavy atom. The number of nitrogens with one attached hydrogen (secondary N) is 1. The van der Waals surface area contributed by atoms with Crippen LogP contribution in [0.5, 0.6) is 0 Å². The van der Waals surface area contributed by atoms with Gasteiger partial charge in [0.2, 0.25) is 5.91 Å². The van der Waals surface area contributed by atoms with Crippen molar-refractivity contribution >= 4 is 23.5 Å². The fourth-order valence-electron chi connectivity index (χ4n) is 3.91. The molecule has 0 bridgehead atoms. The van der Waals surface area contributed by atoms with Crippen LogP contribution in [0, 0.1) is 11.8 Å². The van der Waals surface area contributed by atoms with Gasteiger partial charge in [0.25, 0.3) is 5.91 Å². The highest BCUT2D eigenvalue weighted by atomic mass is 16.5. The van der Waals surface area contributed by atoms with E-state index >= 15 is 0 Å². The van der Waals surface area contributed by atoms with Crippen LogP contribution in [0.3, 0.4) is 0 Å². The molecule has 2 aromatic rings. The zero-order valence-electron chi connectivity index (χ0n) is 17.5. The number of para-hydroxylation sites is 1. The van der Waals surface area contributed by atoms with Gasteiger partial charge in [0.15, 0.2) is 6.61 Å². The van der Waals surface area contributed by atoms with Crippen LogP contribution in [-0.2, 0) is 20.7 Å². The van der Waals surface area contributed by atoms with Gasteiger partial charge in [0.1, 0.15) is 0 Å². The van der Waals surface area contributed by atoms with E-state index in [4.69, 9.17) is 4.74 Å². The third kappa shape index (κ3) is 5.92. The third-order valence-electron chi connectivity index (χ3n) is 5.18. The molecule has 0 aromatic heterocycles. The first kappa shape index (κ1) is 21.6. The molecular formula is C24H28N2O4. The normalized spacial score (nSPS) is 18.5. The minimum Gasteiger partial charge on any atom is -0.452 e. The molecule has 1 aliphatic heterocycles. The number of hydrogen-bond acceptors (Lipinski definition) is 4. The maximum atomic E-state index is 12.6. The maximum absolute atomic E-state index is 12.6. The average Bonchev–Trinajstić information content (AvgIpc) is 2.72. The van der Waals surface area contributed by atoms with Crippen LogP contribution >= 0.6 is 0 Å². The highest BCUT2D eigenvalue weighted by molar-refractivity contribution is 6.02. The Bertz CT molecular complexity index is 887. The van der Waals surface area contributed by atoms with Crippen LogP contribution < -0.4 is 5.32 Å². The van der Waals surface area contributed by atoms with Gasteiger partial charge in [-0.3, -0.25) is 9.59 Å². The summed E-state index contributed by atoms with van der Waals surface area (Å²) in [5.41, 5.74) is 1.48. The van der Waals surface area contributed by atoms with E-state index in [1.807, 2.05) is 30.3 Å². The molecule has 2 amide bonds. The number of ether oxygens (including phenoxy) is 1. The van der Waals surface area contributed by atoms with Crippen molar-refractivity contribution in [2.24, 2.45) is 11.8 Å². The van der Waals surface area contributed by atoms with Crippen LogP contribution in [0.4, 0.5) is 5.69 Å². The summed E-state index contributed by atoms with van der Waals surface area (Å²) >= 11 is 0. The topological polar surface area (TPSA) is 75.7 Å². The maximum Gasteiger partial charge on any atom is 0.340 e. The average molecular weight is 408 g/mol. The van der Waals surface area contributed by atoms with Gasteiger partial charge < -0.3 is 15.0 Å². The van der Waals surface area contributed by atoms with Crippen LogP contribution in [0.25, 0.3) is 0 Å². The van der Waals surface area contributed by atoms with Crippen molar-refractivity contribution in [1.82, 2.24) is 4.90 Å². The second kappa shape index (κ2) is 10.1. The van der Waals surface area contributed by atoms with Gasteiger partial charge in [-0.2, -0.15) is 0 Å². The Balaban J connectivity index is 1.58. The number of piperidine rings is 1. The monoisotopic (exact) mass is 408 g/mol. The number of anilines is 1. The van der Waals surface area contributed by atoms with Gasteiger partial charge in [0.05, 0.1) is 17.7 Å². The van der Waals surface area contributed by atoms with Gasteiger partial charge in [0, 0.05) is 13.1 Å². The number of benzene rings is 2. The first-order valence-corrected chi connectivity index (χ1v) is 10.3. The Kier molecular flexibility index (Phi) is 7.22. The molecule has 6 heteroatoms. The van der Waals surface area contributed by atoms with Crippen LogP contribution in [0.1, 0.15) is 36.2 Å². The minimum absolute atomic E-state index is 0.188. The van der Waals surface area contributed by atoms with Crippen molar-refractivity contribution < 1.29 is 19.1 Å². The lowest BCUT2D eigenvalue weighted by Crippen LogP contribution is -2.44. The second-order valence-electron chi connectivity index (χ2n) is 8.08. The van der Waals surface area contributed by atoms with E-state index in [0.29, 0.717) is 30.6 Å². The van der Waals surface area contributed by atoms with Gasteiger partial charge in [-0.15, -0.1) is 0 Å². The first-order valence-electron chi connectivity index (χ1n) is 10.3. The lowest BCUT2D eigenvalue weighted by molar-refractivity contribution is -0.137. The molecule has 30 heavy (non-hydrogen) atoms. The standard InChI is InChI=1S/C24H28N2O4/c1-17-12-18(2)15-26(14-17)23(28)16-30-24(29)20-10-6-7-11-21(20)25-22(27)13-19-8-4-3-5-9-19/h3-11,17-18H,12-16H2,1-2H3,(H,25,27)/t17-,18-/m1/s1. The van der Waals surface area contributed by atoms with E-state index in [1.165, 1.54) is 0 Å². The number of carbonyl (C=O) groups is 3. The van der Waals surface area contributed by atoms with E-state index in [2.05, 4.69) is 19.2 Å². The van der Waals surface area contributed by atoms with E-state index < -0.39 is 5.97 Å². The van der Waals surface area contributed by atoms with Crippen LogP contribution in [-0.4, -0.2) is 42.4 Å². The fourth-order valence-corrected chi connectivity index (χ4v) is 3.91. The number of rotatable bonds is 6. The number of likely N-dealkylation sites (tertiary alicyclic amines) is 1. The molecule has 0 spiro atoms. The summed E-state index contributed by atoms with van der Waals surface area (Å²) < 4.78 is 5.27. The Morgan fingerprint density at radius 2 is 1.60 bits per heavy atom. The Morgan fingerprint density at radius 3 is 2.30 bits per heavy atom. The summed E-state index contributed by atoms with van der Waals surface area (Å²) in [5, 5.41) is 2.77. The van der Waals surface area contributed by atoms with Crippen LogP contribution in [0.2, 0.25) is 0 Å². The molecule has 2 aromatic carbocycles. The molecular weight excluding hydrogens is 380 g/mol. The lowest BCUT2D eigenvalue weighted by atomic mass is 9.92. The highest BCUT2D eigenvalue weighted by Gasteiger charge is 2.26. The number of amides is 2. The fraction of sp³-hybridized carbons (Fsp3) is 0.375. The lowest BCUT2D eigenvalue weighted by Gasteiger charge is -2.34. The summed E-state index contributed by atoms with van der Waals surface area (Å²) in [6, 6.07) is 16.0. The predicted octanol–water partition coefficient (Wildman–Crippen LogP) is 3.53. The molecule has 1 aliphatic rings. The summed E-state index contributed by atoms with van der Waals surface area (Å²) in [5.74, 6) is -0.166. The summed E-state index contributed by atoms with van der Waals surface area (Å²) in [7, 11) is 0. The van der Waals surface area contributed by atoms with E-state index in [0.717, 1.165) is 12.0 Å². The quantitative estimate of drug-likeness (QED) is 0.742. The molecule has 0 saturated carbocycles. The van der Waals surface area contributed by atoms with Crippen molar-refractivity contribution in [3.05, 3.63) is 65.7 Å². The number of hydrogen-bond donors (Lipinski definition) is 1. The number of nitrogens with zero attached hydrogens (tertiary/aromatic N) is 1. The zero-order valence-corrected chi connectivity index (χ0v) is 17.5. The largest absolute Gasteiger partial charge is 0.452 e. The zero-order chi connectivity index (χ0) is 21.5. The first-order chi connectivity index (χ1) is 14.4. The predicted molar refractivity (Wildman–Crippen MR) is 115 cm³/mol. The molecule has 3 rings (SSSR count). The smallest absolute Gasteiger partial charge is 0.340 e. The van der Waals surface area contributed by atoms with Gasteiger partial charge in [-0.25, -0.2) is 4.79 Å². The molecule has 6 nitrogen and oxygen atoms in total. The molecule has 1 fully saturated rings. The van der Waals surface area contributed by atoms with Gasteiger partial charge in [-0.1, -0.05) is 56.3 Å². The number of esters is 1. The molecule has 0 radical (unpaired) electrons. The second-order valence-corrected chi connectivity index (χ2v) is 8.08. The SMILES string of the molecule is C[C@@H]1C[C@@H](C)CN(C(=O)COC(=O)c2ccccc2NC(=O)Cc2ccccc2)C1.